The van der Waals surface area contributed by atoms with E-state index >= 15 is 0 Å². The van der Waals surface area contributed by atoms with E-state index in [2.05, 4.69) is 10.5 Å². The van der Waals surface area contributed by atoms with Crippen LogP contribution in [0.25, 0.3) is 0 Å². The summed E-state index contributed by atoms with van der Waals surface area (Å²) in [5, 5.41) is 14.7. The average Bonchev–Trinajstić information content (AvgIpc) is 2.43. The van der Waals surface area contributed by atoms with Crippen LogP contribution < -0.4 is 11.1 Å². The van der Waals surface area contributed by atoms with E-state index in [0.717, 1.165) is 32.4 Å². The highest BCUT2D eigenvalue weighted by molar-refractivity contribution is 5.85. The van der Waals surface area contributed by atoms with Crippen molar-refractivity contribution in [3.05, 3.63) is 0 Å². The van der Waals surface area contributed by atoms with Crippen LogP contribution in [0.5, 0.6) is 0 Å². The first-order chi connectivity index (χ1) is 8.69. The van der Waals surface area contributed by atoms with Crippen molar-refractivity contribution in [1.82, 2.24) is 10.2 Å². The van der Waals surface area contributed by atoms with E-state index in [1.54, 1.807) is 0 Å². The number of carbonyl (C=O) groups excluding carboxylic acids is 1. The molecule has 104 valence electrons. The van der Waals surface area contributed by atoms with E-state index in [1.165, 1.54) is 6.42 Å². The zero-order valence-electron chi connectivity index (χ0n) is 11.1. The summed E-state index contributed by atoms with van der Waals surface area (Å²) in [5.74, 6) is 0.361. The second-order valence-corrected chi connectivity index (χ2v) is 4.63. The molecular formula is C12H24N4O2. The number of nitrogens with zero attached hydrogens (tertiary/aromatic N) is 2. The molecule has 0 bridgehead atoms. The number of amides is 1. The third-order valence-electron chi connectivity index (χ3n) is 3.32. The summed E-state index contributed by atoms with van der Waals surface area (Å²) in [6, 6.07) is -0.163. The van der Waals surface area contributed by atoms with Crippen LogP contribution in [0.3, 0.4) is 0 Å². The Morgan fingerprint density at radius 1 is 1.44 bits per heavy atom. The van der Waals surface area contributed by atoms with Crippen LogP contribution in [0.2, 0.25) is 0 Å². The van der Waals surface area contributed by atoms with E-state index in [1.807, 2.05) is 11.8 Å². The fourth-order valence-electron chi connectivity index (χ4n) is 2.18. The maximum Gasteiger partial charge on any atom is 0.223 e. The van der Waals surface area contributed by atoms with Gasteiger partial charge in [-0.2, -0.15) is 0 Å². The van der Waals surface area contributed by atoms with Crippen molar-refractivity contribution in [2.75, 3.05) is 19.6 Å². The minimum Gasteiger partial charge on any atom is -0.409 e. The Morgan fingerprint density at radius 3 is 2.67 bits per heavy atom. The molecule has 1 atom stereocenters. The largest absolute Gasteiger partial charge is 0.409 e. The minimum absolute atomic E-state index is 0.163. The highest BCUT2D eigenvalue weighted by atomic mass is 16.4. The number of nitrogens with two attached hydrogens (primary N) is 1. The van der Waals surface area contributed by atoms with Gasteiger partial charge >= 0.3 is 0 Å². The number of piperidine rings is 1. The molecule has 18 heavy (non-hydrogen) atoms. The number of rotatable bonds is 6. The van der Waals surface area contributed by atoms with Gasteiger partial charge in [-0.25, -0.2) is 0 Å². The standard InChI is InChI=1S/C12H24N4O2/c1-2-10(12(13)15-18)14-7-6-11(17)16-8-4-3-5-9-16/h10,14,18H,2-9H2,1H3,(H2,13,15). The monoisotopic (exact) mass is 256 g/mol. The Hall–Kier alpha value is -1.30. The Kier molecular flexibility index (Phi) is 6.49. The molecule has 1 rings (SSSR count). The number of nitrogens with one attached hydrogen (secondary N) is 1. The van der Waals surface area contributed by atoms with Crippen molar-refractivity contribution < 1.29 is 10.0 Å². The van der Waals surface area contributed by atoms with Gasteiger partial charge in [0.25, 0.3) is 0 Å². The van der Waals surface area contributed by atoms with Gasteiger partial charge in [0.15, 0.2) is 5.84 Å². The SMILES string of the molecule is CCC(NCCC(=O)N1CCCCC1)C(N)=NO. The molecule has 4 N–H and O–H groups in total. The lowest BCUT2D eigenvalue weighted by Crippen LogP contribution is -2.43. The highest BCUT2D eigenvalue weighted by Gasteiger charge is 2.17. The number of hydrogen-bond donors (Lipinski definition) is 3. The molecule has 1 amide bonds. The van der Waals surface area contributed by atoms with Gasteiger partial charge in [-0.15, -0.1) is 0 Å². The van der Waals surface area contributed by atoms with Crippen LogP contribution >= 0.6 is 0 Å². The summed E-state index contributed by atoms with van der Waals surface area (Å²) in [7, 11) is 0. The molecule has 1 heterocycles. The topological polar surface area (TPSA) is 91.0 Å². The highest BCUT2D eigenvalue weighted by Crippen LogP contribution is 2.09. The second kappa shape index (κ2) is 7.92. The van der Waals surface area contributed by atoms with Crippen molar-refractivity contribution >= 4 is 11.7 Å². The van der Waals surface area contributed by atoms with Gasteiger partial charge in [0.2, 0.25) is 5.91 Å². The summed E-state index contributed by atoms with van der Waals surface area (Å²) in [5.41, 5.74) is 5.53. The molecule has 6 nitrogen and oxygen atoms in total. The number of amidine groups is 1. The zero-order chi connectivity index (χ0) is 13.4. The number of carbonyl (C=O) groups is 1. The molecule has 1 unspecified atom stereocenters. The van der Waals surface area contributed by atoms with Gasteiger partial charge < -0.3 is 21.2 Å². The Morgan fingerprint density at radius 2 is 2.11 bits per heavy atom. The van der Waals surface area contributed by atoms with E-state index in [0.29, 0.717) is 13.0 Å². The van der Waals surface area contributed by atoms with Crippen molar-refractivity contribution in [2.45, 2.75) is 45.1 Å². The number of oxime groups is 1. The van der Waals surface area contributed by atoms with E-state index < -0.39 is 0 Å². The maximum absolute atomic E-state index is 11.9. The number of likely N-dealkylation sites (tertiary alicyclic amines) is 1. The predicted octanol–water partition coefficient (Wildman–Crippen LogP) is 0.504. The molecule has 1 aliphatic heterocycles. The molecule has 0 saturated carbocycles. The summed E-state index contributed by atoms with van der Waals surface area (Å²) in [6.07, 6.45) is 4.65. The first-order valence-electron chi connectivity index (χ1n) is 6.67. The van der Waals surface area contributed by atoms with Gasteiger partial charge in [0, 0.05) is 26.1 Å². The van der Waals surface area contributed by atoms with Gasteiger partial charge in [-0.05, 0) is 25.7 Å². The van der Waals surface area contributed by atoms with Crippen molar-refractivity contribution in [1.29, 1.82) is 0 Å². The Labute approximate surface area is 108 Å². The first kappa shape index (κ1) is 14.8. The maximum atomic E-state index is 11.9. The van der Waals surface area contributed by atoms with Crippen LogP contribution in [0.1, 0.15) is 39.0 Å². The molecule has 0 aromatic carbocycles. The normalized spacial score (nSPS) is 18.7. The fraction of sp³-hybridized carbons (Fsp3) is 0.833. The van der Waals surface area contributed by atoms with Gasteiger partial charge in [-0.3, -0.25) is 4.79 Å². The molecule has 0 radical (unpaired) electrons. The fourth-order valence-corrected chi connectivity index (χ4v) is 2.18. The molecule has 0 spiro atoms. The molecule has 6 heteroatoms. The molecule has 1 fully saturated rings. The smallest absolute Gasteiger partial charge is 0.223 e. The lowest BCUT2D eigenvalue weighted by atomic mass is 10.1. The summed E-state index contributed by atoms with van der Waals surface area (Å²) < 4.78 is 0. The van der Waals surface area contributed by atoms with Gasteiger partial charge in [0.1, 0.15) is 0 Å². The van der Waals surface area contributed by atoms with Crippen molar-refractivity contribution in [3.63, 3.8) is 0 Å². The van der Waals surface area contributed by atoms with Crippen LogP contribution in [0, 0.1) is 0 Å². The molecule has 0 aliphatic carbocycles. The minimum atomic E-state index is -0.163. The molecule has 0 aromatic rings. The Balaban J connectivity index is 2.25. The quantitative estimate of drug-likeness (QED) is 0.279. The van der Waals surface area contributed by atoms with Crippen molar-refractivity contribution in [2.24, 2.45) is 10.9 Å². The summed E-state index contributed by atoms with van der Waals surface area (Å²) in [6.45, 7) is 4.28. The molecule has 1 saturated heterocycles. The van der Waals surface area contributed by atoms with Crippen LogP contribution in [-0.4, -0.2) is 47.5 Å². The average molecular weight is 256 g/mol. The molecular weight excluding hydrogens is 232 g/mol. The van der Waals surface area contributed by atoms with Gasteiger partial charge in [-0.1, -0.05) is 12.1 Å². The van der Waals surface area contributed by atoms with Crippen LogP contribution in [0.15, 0.2) is 5.16 Å². The van der Waals surface area contributed by atoms with E-state index in [9.17, 15) is 4.79 Å². The predicted molar refractivity (Wildman–Crippen MR) is 70.5 cm³/mol. The third-order valence-corrected chi connectivity index (χ3v) is 3.32. The summed E-state index contributed by atoms with van der Waals surface area (Å²) >= 11 is 0. The third kappa shape index (κ3) is 4.52. The lowest BCUT2D eigenvalue weighted by molar-refractivity contribution is -0.131. The molecule has 1 aliphatic rings. The second-order valence-electron chi connectivity index (χ2n) is 4.63. The van der Waals surface area contributed by atoms with Crippen LogP contribution in [0.4, 0.5) is 0 Å². The Bertz CT molecular complexity index is 288. The zero-order valence-corrected chi connectivity index (χ0v) is 11.1. The van der Waals surface area contributed by atoms with Gasteiger partial charge in [0.05, 0.1) is 6.04 Å². The van der Waals surface area contributed by atoms with E-state index in [4.69, 9.17) is 10.9 Å². The lowest BCUT2D eigenvalue weighted by Gasteiger charge is -2.27. The van der Waals surface area contributed by atoms with Crippen molar-refractivity contribution in [3.8, 4) is 0 Å². The first-order valence-corrected chi connectivity index (χ1v) is 6.67. The molecule has 0 aromatic heterocycles. The number of hydrogen-bond acceptors (Lipinski definition) is 4. The van der Waals surface area contributed by atoms with Crippen LogP contribution in [-0.2, 0) is 4.79 Å². The van der Waals surface area contributed by atoms with E-state index in [-0.39, 0.29) is 17.8 Å². The summed E-state index contributed by atoms with van der Waals surface area (Å²) in [4.78, 5) is 13.8.